The van der Waals surface area contributed by atoms with Gasteiger partial charge in [-0.3, -0.25) is 14.4 Å². The van der Waals surface area contributed by atoms with Crippen LogP contribution in [0.1, 0.15) is 113 Å². The molecule has 0 saturated carbocycles. The maximum atomic E-state index is 15.4. The van der Waals surface area contributed by atoms with Crippen molar-refractivity contribution in [1.82, 2.24) is 9.96 Å². The number of hydroxylamine groups is 2. The Morgan fingerprint density at radius 1 is 0.593 bits per heavy atom. The summed E-state index contributed by atoms with van der Waals surface area (Å²) in [5, 5.41) is 5.85. The van der Waals surface area contributed by atoms with Gasteiger partial charge in [0.15, 0.2) is 15.9 Å². The lowest BCUT2D eigenvalue weighted by Gasteiger charge is -2.28. The number of rotatable bonds is 46. The molecule has 0 aliphatic carbocycles. The number of amides is 3. The molecular formula is C66H97N4O20S+. The van der Waals surface area contributed by atoms with E-state index in [1.54, 1.807) is 24.1 Å². The van der Waals surface area contributed by atoms with Crippen molar-refractivity contribution in [2.45, 2.75) is 108 Å². The average molecular weight is 1300 g/mol. The van der Waals surface area contributed by atoms with Crippen LogP contribution in [0.4, 0.5) is 5.69 Å². The number of hydrogen-bond donors (Lipinski definition) is 2. The molecule has 0 spiro atoms. The Morgan fingerprint density at radius 2 is 1.09 bits per heavy atom. The van der Waals surface area contributed by atoms with Crippen LogP contribution in [0.2, 0.25) is 0 Å². The number of imide groups is 1. The van der Waals surface area contributed by atoms with Crippen LogP contribution >= 0.6 is 0 Å². The molecule has 7 rings (SSSR count). The molecule has 3 aromatic carbocycles. The van der Waals surface area contributed by atoms with Crippen molar-refractivity contribution in [3.63, 3.8) is 0 Å². The van der Waals surface area contributed by atoms with E-state index in [1.807, 2.05) is 12.1 Å². The zero-order valence-corrected chi connectivity index (χ0v) is 55.4. The summed E-state index contributed by atoms with van der Waals surface area (Å²) in [5.74, 6) is -1.00. The monoisotopic (exact) mass is 1300 g/mol. The number of hydrogen-bond acceptors (Lipinski definition) is 21. The van der Waals surface area contributed by atoms with Gasteiger partial charge >= 0.3 is 5.97 Å². The summed E-state index contributed by atoms with van der Waals surface area (Å²) < 4.78 is 100. The number of anilines is 1. The molecule has 3 amide bonds. The molecule has 4 heterocycles. The number of nitrogens with one attached hydrogen (secondary N) is 2. The normalized spacial score (nSPS) is 16.9. The Hall–Kier alpha value is -5.52. The van der Waals surface area contributed by atoms with Gasteiger partial charge in [0, 0.05) is 96.4 Å². The number of unbranched alkanes of at least 4 members (excludes halogenated alkanes) is 2. The Labute approximate surface area is 535 Å². The second kappa shape index (κ2) is 36.8. The molecular weight excluding hydrogens is 1200 g/mol. The van der Waals surface area contributed by atoms with Crippen LogP contribution in [-0.2, 0) is 96.7 Å². The fourth-order valence-electron chi connectivity index (χ4n) is 10.7. The lowest BCUT2D eigenvalue weighted by atomic mass is 9.78. The zero-order valence-electron chi connectivity index (χ0n) is 54.6. The summed E-state index contributed by atoms with van der Waals surface area (Å²) in [6, 6.07) is 13.1. The molecule has 4 aliphatic heterocycles. The largest absolute Gasteiger partial charge is 0.456 e. The first kappa shape index (κ1) is 72.9. The van der Waals surface area contributed by atoms with E-state index in [4.69, 9.17) is 66.4 Å². The van der Waals surface area contributed by atoms with Crippen molar-refractivity contribution in [3.8, 4) is 11.5 Å². The molecule has 2 N–H and O–H groups in total. The first-order valence-corrected chi connectivity index (χ1v) is 33.7. The first-order chi connectivity index (χ1) is 43.8. The summed E-state index contributed by atoms with van der Waals surface area (Å²) in [5.41, 5.74) is 4.65. The van der Waals surface area contributed by atoms with Crippen LogP contribution < -0.4 is 25.6 Å². The average Bonchev–Trinajstić information content (AvgIpc) is 1.73. The number of carbonyl (C=O) groups excluding carboxylic acids is 4. The predicted molar refractivity (Wildman–Crippen MR) is 334 cm³/mol. The highest BCUT2D eigenvalue weighted by Crippen LogP contribution is 2.48. The Bertz CT molecular complexity index is 3090. The molecule has 1 saturated heterocycles. The van der Waals surface area contributed by atoms with E-state index >= 15 is 4.79 Å². The van der Waals surface area contributed by atoms with E-state index in [0.29, 0.717) is 179 Å². The van der Waals surface area contributed by atoms with Crippen molar-refractivity contribution in [3.05, 3.63) is 80.9 Å². The molecule has 0 aromatic heterocycles. The Balaban J connectivity index is 0.855. The fourth-order valence-corrected chi connectivity index (χ4v) is 11.3. The highest BCUT2D eigenvalue weighted by Gasteiger charge is 2.42. The highest BCUT2D eigenvalue weighted by atomic mass is 32.2. The van der Waals surface area contributed by atoms with Gasteiger partial charge in [0.1, 0.15) is 11.5 Å². The number of ether oxygens (including phenoxy) is 13. The minimum Gasteiger partial charge on any atom is -0.456 e. The van der Waals surface area contributed by atoms with E-state index in [1.165, 1.54) is 6.07 Å². The van der Waals surface area contributed by atoms with Crippen LogP contribution in [0.15, 0.2) is 47.4 Å². The third-order valence-corrected chi connectivity index (χ3v) is 17.8. The van der Waals surface area contributed by atoms with Gasteiger partial charge in [-0.15, -0.1) is 5.06 Å². The Kier molecular flexibility index (Phi) is 29.5. The SMILES string of the molecule is COCCOCCOCCOCCOCCOCCOCCOCCOCCOCCOCCOCCN(CCCCCC(=O)ON1C(=O)CCC1=O)C(=O)c1ccc(S(C)(=O)=O)cc1C1=c2cc3c(cc2Oc2cc4c(cc21)C(C)(C)C(C)N4)=[NH+]C(C)C3(C)C. The van der Waals surface area contributed by atoms with E-state index in [2.05, 4.69) is 64.0 Å². The van der Waals surface area contributed by atoms with Gasteiger partial charge in [0.25, 0.3) is 17.7 Å². The highest BCUT2D eigenvalue weighted by molar-refractivity contribution is 7.90. The third-order valence-electron chi connectivity index (χ3n) is 16.7. The summed E-state index contributed by atoms with van der Waals surface area (Å²) in [6.07, 6.45) is 2.46. The van der Waals surface area contributed by atoms with Crippen LogP contribution in [0, 0.1) is 0 Å². The second-order valence-corrected chi connectivity index (χ2v) is 25.8. The standard InChI is InChI=1S/C66H96N4O20S/c1-47-65(3,4)54-43-52-58(45-56(54)67-47)89-59-46-57-55(66(5,6)48(2)68-57)44-53(59)63(52)51-42-49(91(8,75)76)13-14-50(51)64(74)69(17-11-9-10-12-62(73)90-70-60(71)15-16-61(70)72)18-19-78-22-23-80-26-27-82-30-31-84-34-35-86-38-39-88-41-40-87-37-36-85-33-32-83-29-28-81-25-24-79-21-20-77-7/h13-14,42-48,67H,9-12,15-41H2,1-8H3/p+1. The van der Waals surface area contributed by atoms with E-state index < -0.39 is 27.6 Å². The van der Waals surface area contributed by atoms with Gasteiger partial charge < -0.3 is 76.6 Å². The molecule has 4 aliphatic rings. The van der Waals surface area contributed by atoms with Gasteiger partial charge in [-0.2, -0.15) is 0 Å². The van der Waals surface area contributed by atoms with Crippen LogP contribution in [0.5, 0.6) is 11.5 Å². The predicted octanol–water partition coefficient (Wildman–Crippen LogP) is 3.35. The van der Waals surface area contributed by atoms with Gasteiger partial charge in [0.05, 0.1) is 168 Å². The molecule has 0 bridgehead atoms. The number of benzene rings is 3. The van der Waals surface area contributed by atoms with E-state index in [0.717, 1.165) is 39.2 Å². The van der Waals surface area contributed by atoms with Crippen LogP contribution in [-0.4, -0.2) is 233 Å². The molecule has 3 aromatic rings. The van der Waals surface area contributed by atoms with Gasteiger partial charge in [-0.25, -0.2) is 18.2 Å². The molecule has 24 nitrogen and oxygen atoms in total. The van der Waals surface area contributed by atoms with Gasteiger partial charge in [-0.05, 0) is 82.0 Å². The minimum absolute atomic E-state index is 0.00331. The van der Waals surface area contributed by atoms with Crippen LogP contribution in [0.25, 0.3) is 5.57 Å². The molecule has 0 radical (unpaired) electrons. The maximum Gasteiger partial charge on any atom is 0.333 e. The molecule has 25 heteroatoms. The lowest BCUT2D eigenvalue weighted by molar-refractivity contribution is -0.537. The lowest BCUT2D eigenvalue weighted by Crippen LogP contribution is -2.80. The first-order valence-electron chi connectivity index (χ1n) is 31.8. The van der Waals surface area contributed by atoms with Crippen molar-refractivity contribution in [2.24, 2.45) is 0 Å². The topological polar surface area (TPSA) is 264 Å². The quantitative estimate of drug-likeness (QED) is 0.0475. The van der Waals surface area contributed by atoms with E-state index in [9.17, 15) is 22.8 Å². The summed E-state index contributed by atoms with van der Waals surface area (Å²) >= 11 is 0. The number of nitrogens with zero attached hydrogens (tertiary/aromatic N) is 2. The maximum absolute atomic E-state index is 15.4. The smallest absolute Gasteiger partial charge is 0.333 e. The van der Waals surface area contributed by atoms with Crippen molar-refractivity contribution < 1.29 is 99.0 Å². The zero-order chi connectivity index (χ0) is 65.2. The molecule has 2 unspecified atom stereocenters. The van der Waals surface area contributed by atoms with Gasteiger partial charge in [-0.1, -0.05) is 20.3 Å². The molecule has 1 fully saturated rings. The molecule has 506 valence electrons. The van der Waals surface area contributed by atoms with E-state index in [-0.39, 0.29) is 91.5 Å². The molecule has 2 atom stereocenters. The van der Waals surface area contributed by atoms with Crippen molar-refractivity contribution in [2.75, 3.05) is 184 Å². The molecule has 91 heavy (non-hydrogen) atoms. The van der Waals surface area contributed by atoms with Crippen LogP contribution in [0.3, 0.4) is 0 Å². The van der Waals surface area contributed by atoms with Crippen molar-refractivity contribution in [1.29, 1.82) is 0 Å². The van der Waals surface area contributed by atoms with Gasteiger partial charge in [0.2, 0.25) is 5.36 Å². The third kappa shape index (κ3) is 21.5. The summed E-state index contributed by atoms with van der Waals surface area (Å²) in [4.78, 5) is 62.7. The minimum atomic E-state index is -3.77. The number of carbonyl (C=O) groups is 4. The van der Waals surface area contributed by atoms with Crippen molar-refractivity contribution >= 4 is 44.8 Å². The Morgan fingerprint density at radius 3 is 1.58 bits per heavy atom. The number of sulfone groups is 1. The fraction of sp³-hybridized carbons (Fsp3) is 0.652. The summed E-state index contributed by atoms with van der Waals surface area (Å²) in [7, 11) is -2.14. The summed E-state index contributed by atoms with van der Waals surface area (Å²) in [6.45, 7) is 23.3. The number of fused-ring (bicyclic) bond motifs is 4. The number of methoxy groups -OCH3 is 1. The second-order valence-electron chi connectivity index (χ2n) is 23.8.